The molecule has 0 spiro atoms. The summed E-state index contributed by atoms with van der Waals surface area (Å²) in [6.07, 6.45) is 3.27. The third-order valence-corrected chi connectivity index (χ3v) is 3.10. The molecule has 0 aromatic rings. The fourth-order valence-corrected chi connectivity index (χ4v) is 1.91. The Bertz CT molecular complexity index is 265. The zero-order chi connectivity index (χ0) is 12.1. The molecule has 2 amide bonds. The first-order valence-corrected chi connectivity index (χ1v) is 6.12. The summed E-state index contributed by atoms with van der Waals surface area (Å²) >= 11 is 0. The maximum atomic E-state index is 11.6. The summed E-state index contributed by atoms with van der Waals surface area (Å²) in [7, 11) is 0. The summed E-state index contributed by atoms with van der Waals surface area (Å²) in [5.41, 5.74) is 0. The number of cyclic esters (lactones) is 1. The van der Waals surface area contributed by atoms with E-state index in [9.17, 15) is 9.59 Å². The van der Waals surface area contributed by atoms with E-state index in [0.29, 0.717) is 12.5 Å². The fraction of sp³-hybridized carbons (Fsp3) is 0.833. The highest BCUT2D eigenvalue weighted by atomic mass is 16.6. The predicted molar refractivity (Wildman–Crippen MR) is 61.0 cm³/mol. The van der Waals surface area contributed by atoms with Crippen molar-refractivity contribution < 1.29 is 14.3 Å². The molecule has 4 nitrogen and oxygen atoms in total. The molecule has 1 aliphatic heterocycles. The second-order valence-corrected chi connectivity index (χ2v) is 4.39. The highest BCUT2D eigenvalue weighted by molar-refractivity contribution is 5.99. The van der Waals surface area contributed by atoms with Crippen LogP contribution >= 0.6 is 0 Å². The van der Waals surface area contributed by atoms with Crippen molar-refractivity contribution in [1.82, 2.24) is 4.90 Å². The summed E-state index contributed by atoms with van der Waals surface area (Å²) < 4.78 is 4.87. The SMILES string of the molecule is CCCCC(CC)CN1C(=O)OC(C)C1=O. The van der Waals surface area contributed by atoms with Crippen molar-refractivity contribution >= 4 is 12.0 Å². The first-order valence-electron chi connectivity index (χ1n) is 6.12. The normalized spacial score (nSPS) is 22.4. The molecule has 1 saturated heterocycles. The molecule has 0 saturated carbocycles. The largest absolute Gasteiger partial charge is 0.436 e. The number of nitrogens with zero attached hydrogens (tertiary/aromatic N) is 1. The van der Waals surface area contributed by atoms with Gasteiger partial charge in [-0.25, -0.2) is 9.69 Å². The van der Waals surface area contributed by atoms with Gasteiger partial charge in [0.05, 0.1) is 0 Å². The van der Waals surface area contributed by atoms with Crippen LogP contribution in [0.5, 0.6) is 0 Å². The van der Waals surface area contributed by atoms with Crippen LogP contribution in [0, 0.1) is 5.92 Å². The molecule has 4 heteroatoms. The molecule has 0 N–H and O–H groups in total. The number of rotatable bonds is 6. The van der Waals surface area contributed by atoms with Gasteiger partial charge in [0.15, 0.2) is 6.10 Å². The van der Waals surface area contributed by atoms with Gasteiger partial charge < -0.3 is 4.74 Å². The summed E-state index contributed by atoms with van der Waals surface area (Å²) in [6, 6.07) is 0. The van der Waals surface area contributed by atoms with Gasteiger partial charge in [-0.05, 0) is 19.3 Å². The van der Waals surface area contributed by atoms with Gasteiger partial charge in [0.2, 0.25) is 0 Å². The quantitative estimate of drug-likeness (QED) is 0.700. The Hall–Kier alpha value is -1.06. The van der Waals surface area contributed by atoms with Crippen molar-refractivity contribution in [2.24, 2.45) is 5.92 Å². The third kappa shape index (κ3) is 2.97. The smallest absolute Gasteiger partial charge is 0.417 e. The first kappa shape index (κ1) is 13.0. The number of amides is 2. The molecule has 2 atom stereocenters. The summed E-state index contributed by atoms with van der Waals surface area (Å²) in [4.78, 5) is 24.3. The number of hydrogen-bond donors (Lipinski definition) is 0. The summed E-state index contributed by atoms with van der Waals surface area (Å²) in [5.74, 6) is 0.210. The Balaban J connectivity index is 2.51. The van der Waals surface area contributed by atoms with Crippen molar-refractivity contribution in [3.8, 4) is 0 Å². The molecule has 0 aliphatic carbocycles. The molecule has 1 rings (SSSR count). The standard InChI is InChI=1S/C12H21NO3/c1-4-6-7-10(5-2)8-13-11(14)9(3)16-12(13)15/h9-10H,4-8H2,1-3H3. The highest BCUT2D eigenvalue weighted by Crippen LogP contribution is 2.19. The molecular formula is C12H21NO3. The van der Waals surface area contributed by atoms with E-state index in [1.807, 2.05) is 0 Å². The van der Waals surface area contributed by atoms with E-state index in [-0.39, 0.29) is 5.91 Å². The third-order valence-electron chi connectivity index (χ3n) is 3.10. The van der Waals surface area contributed by atoms with Crippen LogP contribution in [0.3, 0.4) is 0 Å². The minimum Gasteiger partial charge on any atom is -0.436 e. The molecule has 92 valence electrons. The van der Waals surface area contributed by atoms with Crippen LogP contribution in [0.1, 0.15) is 46.5 Å². The second-order valence-electron chi connectivity index (χ2n) is 4.39. The average molecular weight is 227 g/mol. The van der Waals surface area contributed by atoms with Crippen molar-refractivity contribution in [1.29, 1.82) is 0 Å². The van der Waals surface area contributed by atoms with Crippen LogP contribution in [0.2, 0.25) is 0 Å². The highest BCUT2D eigenvalue weighted by Gasteiger charge is 2.38. The minimum atomic E-state index is -0.601. The van der Waals surface area contributed by atoms with E-state index < -0.39 is 12.2 Å². The van der Waals surface area contributed by atoms with Crippen LogP contribution in [-0.2, 0) is 9.53 Å². The van der Waals surface area contributed by atoms with Crippen molar-refractivity contribution in [3.05, 3.63) is 0 Å². The number of ether oxygens (including phenoxy) is 1. The molecule has 0 radical (unpaired) electrons. The van der Waals surface area contributed by atoms with Gasteiger partial charge >= 0.3 is 6.09 Å². The lowest BCUT2D eigenvalue weighted by Crippen LogP contribution is -2.35. The lowest BCUT2D eigenvalue weighted by Gasteiger charge is -2.19. The van der Waals surface area contributed by atoms with Crippen molar-refractivity contribution in [2.45, 2.75) is 52.6 Å². The average Bonchev–Trinajstić information content (AvgIpc) is 2.50. The van der Waals surface area contributed by atoms with E-state index >= 15 is 0 Å². The Morgan fingerprint density at radius 3 is 2.50 bits per heavy atom. The molecule has 1 heterocycles. The molecule has 0 bridgehead atoms. The maximum absolute atomic E-state index is 11.6. The zero-order valence-corrected chi connectivity index (χ0v) is 10.4. The van der Waals surface area contributed by atoms with Crippen LogP contribution in [0.25, 0.3) is 0 Å². The maximum Gasteiger partial charge on any atom is 0.417 e. The van der Waals surface area contributed by atoms with E-state index in [0.717, 1.165) is 25.7 Å². The van der Waals surface area contributed by atoms with E-state index in [1.54, 1.807) is 6.92 Å². The van der Waals surface area contributed by atoms with Crippen molar-refractivity contribution in [2.75, 3.05) is 6.54 Å². The Labute approximate surface area is 96.9 Å². The molecule has 0 aromatic carbocycles. The van der Waals surface area contributed by atoms with Crippen LogP contribution in [0.15, 0.2) is 0 Å². The van der Waals surface area contributed by atoms with Gasteiger partial charge in [-0.1, -0.05) is 33.1 Å². The molecule has 1 aliphatic rings. The fourth-order valence-electron chi connectivity index (χ4n) is 1.91. The Kier molecular flexibility index (Phi) is 4.77. The summed E-state index contributed by atoms with van der Waals surface area (Å²) in [6.45, 7) is 6.37. The second kappa shape index (κ2) is 5.87. The molecular weight excluding hydrogens is 206 g/mol. The number of hydrogen-bond acceptors (Lipinski definition) is 3. The topological polar surface area (TPSA) is 46.6 Å². The zero-order valence-electron chi connectivity index (χ0n) is 10.4. The number of carbonyl (C=O) groups excluding carboxylic acids is 2. The van der Waals surface area contributed by atoms with Gasteiger partial charge in [-0.3, -0.25) is 4.79 Å². The van der Waals surface area contributed by atoms with Gasteiger partial charge in [-0.2, -0.15) is 0 Å². The minimum absolute atomic E-state index is 0.194. The number of imide groups is 1. The lowest BCUT2D eigenvalue weighted by molar-refractivity contribution is -0.129. The van der Waals surface area contributed by atoms with Crippen LogP contribution in [-0.4, -0.2) is 29.5 Å². The number of carbonyl (C=O) groups is 2. The van der Waals surface area contributed by atoms with E-state index in [1.165, 1.54) is 4.90 Å². The molecule has 16 heavy (non-hydrogen) atoms. The lowest BCUT2D eigenvalue weighted by atomic mass is 9.99. The molecule has 2 unspecified atom stereocenters. The molecule has 0 aromatic heterocycles. The predicted octanol–water partition coefficient (Wildman–Crippen LogP) is 2.57. The Morgan fingerprint density at radius 2 is 2.06 bits per heavy atom. The van der Waals surface area contributed by atoms with Gasteiger partial charge in [0, 0.05) is 6.54 Å². The van der Waals surface area contributed by atoms with Crippen LogP contribution < -0.4 is 0 Å². The van der Waals surface area contributed by atoms with E-state index in [4.69, 9.17) is 4.74 Å². The Morgan fingerprint density at radius 1 is 1.38 bits per heavy atom. The monoisotopic (exact) mass is 227 g/mol. The van der Waals surface area contributed by atoms with Gasteiger partial charge in [0.25, 0.3) is 5.91 Å². The molecule has 1 fully saturated rings. The first-order chi connectivity index (χ1) is 7.60. The van der Waals surface area contributed by atoms with E-state index in [2.05, 4.69) is 13.8 Å². The van der Waals surface area contributed by atoms with Gasteiger partial charge in [-0.15, -0.1) is 0 Å². The van der Waals surface area contributed by atoms with Crippen LogP contribution in [0.4, 0.5) is 4.79 Å². The van der Waals surface area contributed by atoms with Gasteiger partial charge in [0.1, 0.15) is 0 Å². The summed E-state index contributed by atoms with van der Waals surface area (Å²) in [5, 5.41) is 0. The van der Waals surface area contributed by atoms with Crippen molar-refractivity contribution in [3.63, 3.8) is 0 Å². The number of unbranched alkanes of at least 4 members (excludes halogenated alkanes) is 1.